The number of Topliss-reactive ketones (excluding diaryl/α,β-unsaturated/α-hetero) is 1. The predicted octanol–water partition coefficient (Wildman–Crippen LogP) is 2.71. The summed E-state index contributed by atoms with van der Waals surface area (Å²) in [5, 5.41) is 7.33. The average Bonchev–Trinajstić information content (AvgIpc) is 2.70. The number of carbonyl (C=O) groups excluding carboxylic acids is 1. The van der Waals surface area contributed by atoms with E-state index in [9.17, 15) is 4.79 Å². The Hall–Kier alpha value is -0.670. The molecule has 1 aliphatic rings. The van der Waals surface area contributed by atoms with Gasteiger partial charge in [0.25, 0.3) is 0 Å². The standard InChI is InChI=1S/C12H17NOS/c1-9-2-4-13-11(6-9)7-12(14)10-3-5-15-8-10/h3,5,8-9,11,13H,2,4,6-7H2,1H3. The lowest BCUT2D eigenvalue weighted by Crippen LogP contribution is -2.38. The second-order valence-electron chi connectivity index (χ2n) is 4.42. The van der Waals surface area contributed by atoms with Gasteiger partial charge in [-0.15, -0.1) is 0 Å². The molecule has 1 aromatic heterocycles. The van der Waals surface area contributed by atoms with Gasteiger partial charge < -0.3 is 5.32 Å². The SMILES string of the molecule is CC1CCNC(CC(=O)c2ccsc2)C1. The molecule has 2 nitrogen and oxygen atoms in total. The number of thiophene rings is 1. The third-order valence-electron chi connectivity index (χ3n) is 3.03. The summed E-state index contributed by atoms with van der Waals surface area (Å²) >= 11 is 1.59. The van der Waals surface area contributed by atoms with Crippen LogP contribution in [0.5, 0.6) is 0 Å². The molecule has 1 N–H and O–H groups in total. The number of ketones is 1. The first-order valence-electron chi connectivity index (χ1n) is 5.54. The fourth-order valence-electron chi connectivity index (χ4n) is 2.14. The summed E-state index contributed by atoms with van der Waals surface area (Å²) in [6, 6.07) is 2.31. The van der Waals surface area contributed by atoms with Crippen molar-refractivity contribution < 1.29 is 4.79 Å². The number of piperidine rings is 1. The van der Waals surface area contributed by atoms with E-state index in [1.165, 1.54) is 6.42 Å². The van der Waals surface area contributed by atoms with Gasteiger partial charge in [0.2, 0.25) is 0 Å². The van der Waals surface area contributed by atoms with Crippen LogP contribution < -0.4 is 5.32 Å². The minimum atomic E-state index is 0.280. The van der Waals surface area contributed by atoms with Crippen LogP contribution in [0.2, 0.25) is 0 Å². The van der Waals surface area contributed by atoms with Gasteiger partial charge in [-0.05, 0) is 36.8 Å². The van der Waals surface area contributed by atoms with Crippen molar-refractivity contribution in [2.24, 2.45) is 5.92 Å². The van der Waals surface area contributed by atoms with Gasteiger partial charge in [-0.2, -0.15) is 11.3 Å². The molecule has 2 rings (SSSR count). The van der Waals surface area contributed by atoms with E-state index in [-0.39, 0.29) is 5.78 Å². The van der Waals surface area contributed by atoms with Gasteiger partial charge >= 0.3 is 0 Å². The summed E-state index contributed by atoms with van der Waals surface area (Å²) in [5.74, 6) is 1.04. The van der Waals surface area contributed by atoms with Crippen LogP contribution in [0.4, 0.5) is 0 Å². The molecule has 2 heterocycles. The van der Waals surface area contributed by atoms with Crippen molar-refractivity contribution in [1.82, 2.24) is 5.32 Å². The molecule has 2 atom stereocenters. The van der Waals surface area contributed by atoms with Crippen molar-refractivity contribution in [3.05, 3.63) is 22.4 Å². The van der Waals surface area contributed by atoms with Crippen molar-refractivity contribution in [3.63, 3.8) is 0 Å². The third-order valence-corrected chi connectivity index (χ3v) is 3.72. The maximum Gasteiger partial charge on any atom is 0.165 e. The maximum atomic E-state index is 11.8. The lowest BCUT2D eigenvalue weighted by molar-refractivity contribution is 0.0959. The van der Waals surface area contributed by atoms with E-state index in [4.69, 9.17) is 0 Å². The molecule has 82 valence electrons. The zero-order valence-electron chi connectivity index (χ0n) is 9.03. The van der Waals surface area contributed by atoms with Gasteiger partial charge in [-0.25, -0.2) is 0 Å². The quantitative estimate of drug-likeness (QED) is 0.798. The van der Waals surface area contributed by atoms with Crippen LogP contribution in [0, 0.1) is 5.92 Å². The highest BCUT2D eigenvalue weighted by Gasteiger charge is 2.21. The Bertz CT molecular complexity index is 320. The Labute approximate surface area is 94.7 Å². The summed E-state index contributed by atoms with van der Waals surface area (Å²) in [4.78, 5) is 11.8. The van der Waals surface area contributed by atoms with Gasteiger partial charge in [0.05, 0.1) is 0 Å². The first-order chi connectivity index (χ1) is 7.25. The van der Waals surface area contributed by atoms with Gasteiger partial charge in [-0.1, -0.05) is 6.92 Å². The second-order valence-corrected chi connectivity index (χ2v) is 5.20. The summed E-state index contributed by atoms with van der Waals surface area (Å²) in [5.41, 5.74) is 0.875. The Kier molecular flexibility index (Phi) is 3.54. The summed E-state index contributed by atoms with van der Waals surface area (Å²) in [6.07, 6.45) is 3.03. The molecule has 0 spiro atoms. The monoisotopic (exact) mass is 223 g/mol. The van der Waals surface area contributed by atoms with Crippen LogP contribution in [0.3, 0.4) is 0 Å². The molecule has 15 heavy (non-hydrogen) atoms. The molecule has 0 saturated carbocycles. The van der Waals surface area contributed by atoms with Crippen molar-refractivity contribution in [1.29, 1.82) is 0 Å². The number of carbonyl (C=O) groups is 1. The van der Waals surface area contributed by atoms with Gasteiger partial charge in [-0.3, -0.25) is 4.79 Å². The van der Waals surface area contributed by atoms with Crippen LogP contribution >= 0.6 is 11.3 Å². The third kappa shape index (κ3) is 2.89. The van der Waals surface area contributed by atoms with E-state index in [1.807, 2.05) is 16.8 Å². The molecule has 1 fully saturated rings. The molecule has 1 aromatic rings. The summed E-state index contributed by atoms with van der Waals surface area (Å²) < 4.78 is 0. The topological polar surface area (TPSA) is 29.1 Å². The fourth-order valence-corrected chi connectivity index (χ4v) is 2.80. The minimum Gasteiger partial charge on any atom is -0.314 e. The molecule has 3 heteroatoms. The lowest BCUT2D eigenvalue weighted by Gasteiger charge is -2.27. The van der Waals surface area contributed by atoms with Crippen molar-refractivity contribution >= 4 is 17.1 Å². The lowest BCUT2D eigenvalue weighted by atomic mass is 9.91. The largest absolute Gasteiger partial charge is 0.314 e. The van der Waals surface area contributed by atoms with E-state index in [1.54, 1.807) is 11.3 Å². The summed E-state index contributed by atoms with van der Waals surface area (Å²) in [7, 11) is 0. The smallest absolute Gasteiger partial charge is 0.165 e. The first-order valence-corrected chi connectivity index (χ1v) is 6.49. The van der Waals surface area contributed by atoms with Crippen LogP contribution in [0.1, 0.15) is 36.5 Å². The zero-order chi connectivity index (χ0) is 10.7. The Balaban J connectivity index is 1.89. The molecular weight excluding hydrogens is 206 g/mol. The van der Waals surface area contributed by atoms with Gasteiger partial charge in [0, 0.05) is 23.4 Å². The fraction of sp³-hybridized carbons (Fsp3) is 0.583. The van der Waals surface area contributed by atoms with Crippen LogP contribution in [-0.2, 0) is 0 Å². The Morgan fingerprint density at radius 3 is 3.20 bits per heavy atom. The molecular formula is C12H17NOS. The van der Waals surface area contributed by atoms with E-state index in [2.05, 4.69) is 12.2 Å². The zero-order valence-corrected chi connectivity index (χ0v) is 9.85. The second kappa shape index (κ2) is 4.90. The Morgan fingerprint density at radius 2 is 2.53 bits per heavy atom. The summed E-state index contributed by atoms with van der Waals surface area (Å²) in [6.45, 7) is 3.33. The van der Waals surface area contributed by atoms with E-state index < -0.39 is 0 Å². The normalized spacial score (nSPS) is 26.5. The Morgan fingerprint density at radius 1 is 1.67 bits per heavy atom. The number of nitrogens with one attached hydrogen (secondary N) is 1. The molecule has 0 aliphatic carbocycles. The van der Waals surface area contributed by atoms with E-state index in [0.717, 1.165) is 24.4 Å². The molecule has 0 amide bonds. The predicted molar refractivity (Wildman–Crippen MR) is 63.5 cm³/mol. The van der Waals surface area contributed by atoms with Gasteiger partial charge in [0.1, 0.15) is 0 Å². The number of hydrogen-bond acceptors (Lipinski definition) is 3. The molecule has 0 bridgehead atoms. The molecule has 0 aromatic carbocycles. The van der Waals surface area contributed by atoms with Crippen molar-refractivity contribution in [2.45, 2.75) is 32.2 Å². The molecule has 2 unspecified atom stereocenters. The maximum absolute atomic E-state index is 11.8. The highest BCUT2D eigenvalue weighted by Crippen LogP contribution is 2.19. The van der Waals surface area contributed by atoms with E-state index >= 15 is 0 Å². The van der Waals surface area contributed by atoms with Crippen LogP contribution in [0.15, 0.2) is 16.8 Å². The van der Waals surface area contributed by atoms with Crippen LogP contribution in [-0.4, -0.2) is 18.4 Å². The highest BCUT2D eigenvalue weighted by atomic mass is 32.1. The first kappa shape index (κ1) is 10.8. The van der Waals surface area contributed by atoms with Crippen LogP contribution in [0.25, 0.3) is 0 Å². The molecule has 1 aliphatic heterocycles. The van der Waals surface area contributed by atoms with Crippen molar-refractivity contribution in [3.8, 4) is 0 Å². The minimum absolute atomic E-state index is 0.280. The van der Waals surface area contributed by atoms with Crippen molar-refractivity contribution in [2.75, 3.05) is 6.54 Å². The number of rotatable bonds is 3. The van der Waals surface area contributed by atoms with E-state index in [0.29, 0.717) is 12.5 Å². The highest BCUT2D eigenvalue weighted by molar-refractivity contribution is 7.08. The molecule has 0 radical (unpaired) electrons. The molecule has 1 saturated heterocycles. The van der Waals surface area contributed by atoms with Gasteiger partial charge in [0.15, 0.2) is 5.78 Å². The average molecular weight is 223 g/mol. The number of hydrogen-bond donors (Lipinski definition) is 1.